The highest BCUT2D eigenvalue weighted by Crippen LogP contribution is 2.26. The first kappa shape index (κ1) is 14.3. The lowest BCUT2D eigenvalue weighted by molar-refractivity contribution is 0.208. The predicted molar refractivity (Wildman–Crippen MR) is 74.6 cm³/mol. The number of primary sulfonamides is 1. The van der Waals surface area contributed by atoms with Gasteiger partial charge in [-0.05, 0) is 49.4 Å². The average Bonchev–Trinajstić information content (AvgIpc) is 2.37. The molecule has 1 aromatic rings. The summed E-state index contributed by atoms with van der Waals surface area (Å²) in [7, 11) is -3.63. The second kappa shape index (κ2) is 5.92. The summed E-state index contributed by atoms with van der Waals surface area (Å²) in [6.07, 6.45) is 6.37. The SMILES string of the molecule is Cc1cc(S(N)(=O)=O)ccc1OCC1CCCCC1. The van der Waals surface area contributed by atoms with E-state index in [0.29, 0.717) is 5.92 Å². The first-order valence-corrected chi connectivity index (χ1v) is 8.28. The normalized spacial score (nSPS) is 17.4. The van der Waals surface area contributed by atoms with Crippen LogP contribution in [0.3, 0.4) is 0 Å². The molecule has 0 amide bonds. The van der Waals surface area contributed by atoms with Gasteiger partial charge in [-0.2, -0.15) is 0 Å². The van der Waals surface area contributed by atoms with Gasteiger partial charge in [-0.25, -0.2) is 13.6 Å². The summed E-state index contributed by atoms with van der Waals surface area (Å²) >= 11 is 0. The first-order valence-electron chi connectivity index (χ1n) is 6.73. The smallest absolute Gasteiger partial charge is 0.238 e. The number of rotatable bonds is 4. The van der Waals surface area contributed by atoms with Crippen LogP contribution < -0.4 is 9.88 Å². The standard InChI is InChI=1S/C14H21NO3S/c1-11-9-13(19(15,16)17)7-8-14(11)18-10-12-5-3-2-4-6-12/h7-9,12H,2-6,10H2,1H3,(H2,15,16,17). The number of benzene rings is 1. The Bertz CT molecular complexity index is 534. The minimum atomic E-state index is -3.63. The van der Waals surface area contributed by atoms with E-state index < -0.39 is 10.0 Å². The van der Waals surface area contributed by atoms with Gasteiger partial charge in [-0.1, -0.05) is 19.3 Å². The molecule has 2 N–H and O–H groups in total. The summed E-state index contributed by atoms with van der Waals surface area (Å²) in [5, 5.41) is 5.10. The molecule has 0 saturated heterocycles. The van der Waals surface area contributed by atoms with Crippen LogP contribution in [0.4, 0.5) is 0 Å². The largest absolute Gasteiger partial charge is 0.493 e. The van der Waals surface area contributed by atoms with Crippen LogP contribution in [0.25, 0.3) is 0 Å². The van der Waals surface area contributed by atoms with Gasteiger partial charge in [0, 0.05) is 0 Å². The number of hydrogen-bond acceptors (Lipinski definition) is 3. The van der Waals surface area contributed by atoms with E-state index in [-0.39, 0.29) is 4.90 Å². The Balaban J connectivity index is 2.01. The Kier molecular flexibility index (Phi) is 4.47. The van der Waals surface area contributed by atoms with Crippen molar-refractivity contribution < 1.29 is 13.2 Å². The molecule has 1 aliphatic rings. The van der Waals surface area contributed by atoms with Gasteiger partial charge >= 0.3 is 0 Å². The molecule has 0 aromatic heterocycles. The van der Waals surface area contributed by atoms with Gasteiger partial charge in [0.1, 0.15) is 5.75 Å². The van der Waals surface area contributed by atoms with Crippen molar-refractivity contribution in [2.75, 3.05) is 6.61 Å². The van der Waals surface area contributed by atoms with Gasteiger partial charge in [0.15, 0.2) is 0 Å². The molecule has 5 heteroatoms. The fourth-order valence-corrected chi connectivity index (χ4v) is 3.12. The minimum absolute atomic E-state index is 0.134. The van der Waals surface area contributed by atoms with Crippen molar-refractivity contribution in [2.24, 2.45) is 11.1 Å². The van der Waals surface area contributed by atoms with Gasteiger partial charge in [0.2, 0.25) is 10.0 Å². The van der Waals surface area contributed by atoms with Crippen molar-refractivity contribution in [3.8, 4) is 5.75 Å². The van der Waals surface area contributed by atoms with Crippen molar-refractivity contribution >= 4 is 10.0 Å². The van der Waals surface area contributed by atoms with E-state index in [9.17, 15) is 8.42 Å². The molecule has 0 atom stereocenters. The van der Waals surface area contributed by atoms with Crippen LogP contribution >= 0.6 is 0 Å². The van der Waals surface area contributed by atoms with E-state index in [0.717, 1.165) is 17.9 Å². The molecular weight excluding hydrogens is 262 g/mol. The molecule has 4 nitrogen and oxygen atoms in total. The van der Waals surface area contributed by atoms with E-state index in [2.05, 4.69) is 0 Å². The molecule has 0 radical (unpaired) electrons. The van der Waals surface area contributed by atoms with E-state index in [4.69, 9.17) is 9.88 Å². The van der Waals surface area contributed by atoms with Crippen LogP contribution in [-0.4, -0.2) is 15.0 Å². The second-order valence-electron chi connectivity index (χ2n) is 5.29. The van der Waals surface area contributed by atoms with Gasteiger partial charge in [0.25, 0.3) is 0 Å². The molecule has 19 heavy (non-hydrogen) atoms. The molecule has 0 heterocycles. The van der Waals surface area contributed by atoms with E-state index in [1.807, 2.05) is 6.92 Å². The van der Waals surface area contributed by atoms with Crippen LogP contribution in [0, 0.1) is 12.8 Å². The zero-order valence-electron chi connectivity index (χ0n) is 11.3. The highest BCUT2D eigenvalue weighted by atomic mass is 32.2. The molecule has 0 aliphatic heterocycles. The summed E-state index contributed by atoms with van der Waals surface area (Å²) < 4.78 is 28.3. The van der Waals surface area contributed by atoms with Crippen molar-refractivity contribution in [1.82, 2.24) is 0 Å². The lowest BCUT2D eigenvalue weighted by Gasteiger charge is -2.22. The summed E-state index contributed by atoms with van der Waals surface area (Å²) in [5.41, 5.74) is 0.808. The van der Waals surface area contributed by atoms with Gasteiger partial charge in [-0.15, -0.1) is 0 Å². The maximum absolute atomic E-state index is 11.2. The Labute approximate surface area is 115 Å². The zero-order chi connectivity index (χ0) is 13.9. The van der Waals surface area contributed by atoms with E-state index in [1.165, 1.54) is 38.2 Å². The monoisotopic (exact) mass is 283 g/mol. The quantitative estimate of drug-likeness (QED) is 0.923. The van der Waals surface area contributed by atoms with Gasteiger partial charge in [0.05, 0.1) is 11.5 Å². The topological polar surface area (TPSA) is 69.4 Å². The third kappa shape index (κ3) is 3.94. The summed E-state index contributed by atoms with van der Waals surface area (Å²) in [6.45, 7) is 2.56. The Morgan fingerprint density at radius 1 is 1.26 bits per heavy atom. The van der Waals surface area contributed by atoms with E-state index in [1.54, 1.807) is 12.1 Å². The number of ether oxygens (including phenoxy) is 1. The van der Waals surface area contributed by atoms with Crippen LogP contribution in [0.15, 0.2) is 23.1 Å². The van der Waals surface area contributed by atoms with Gasteiger partial charge < -0.3 is 4.74 Å². The Hall–Kier alpha value is -1.07. The molecule has 2 rings (SSSR count). The van der Waals surface area contributed by atoms with Crippen LogP contribution in [0.5, 0.6) is 5.75 Å². The molecule has 106 valence electrons. The third-order valence-electron chi connectivity index (χ3n) is 3.67. The summed E-state index contributed by atoms with van der Waals surface area (Å²) in [4.78, 5) is 0.134. The predicted octanol–water partition coefficient (Wildman–Crippen LogP) is 2.60. The van der Waals surface area contributed by atoms with Crippen molar-refractivity contribution in [2.45, 2.75) is 43.9 Å². The highest BCUT2D eigenvalue weighted by Gasteiger charge is 2.15. The molecule has 0 bridgehead atoms. The molecule has 1 aliphatic carbocycles. The maximum Gasteiger partial charge on any atom is 0.238 e. The lowest BCUT2D eigenvalue weighted by atomic mass is 9.90. The molecule has 0 spiro atoms. The number of aryl methyl sites for hydroxylation is 1. The molecule has 1 saturated carbocycles. The lowest BCUT2D eigenvalue weighted by Crippen LogP contribution is -2.16. The van der Waals surface area contributed by atoms with Crippen LogP contribution in [0.1, 0.15) is 37.7 Å². The number of sulfonamides is 1. The fourth-order valence-electron chi connectivity index (χ4n) is 2.52. The highest BCUT2D eigenvalue weighted by molar-refractivity contribution is 7.89. The van der Waals surface area contributed by atoms with Crippen LogP contribution in [-0.2, 0) is 10.0 Å². The summed E-state index contributed by atoms with van der Waals surface area (Å²) in [5.74, 6) is 1.38. The first-order chi connectivity index (χ1) is 8.97. The molecule has 1 aromatic carbocycles. The van der Waals surface area contributed by atoms with Crippen molar-refractivity contribution in [3.05, 3.63) is 23.8 Å². The van der Waals surface area contributed by atoms with E-state index >= 15 is 0 Å². The van der Waals surface area contributed by atoms with Crippen LogP contribution in [0.2, 0.25) is 0 Å². The Morgan fingerprint density at radius 3 is 2.53 bits per heavy atom. The van der Waals surface area contributed by atoms with Crippen molar-refractivity contribution in [1.29, 1.82) is 0 Å². The third-order valence-corrected chi connectivity index (χ3v) is 4.59. The minimum Gasteiger partial charge on any atom is -0.493 e. The summed E-state index contributed by atoms with van der Waals surface area (Å²) in [6, 6.07) is 4.75. The van der Waals surface area contributed by atoms with Crippen molar-refractivity contribution in [3.63, 3.8) is 0 Å². The Morgan fingerprint density at radius 2 is 1.95 bits per heavy atom. The number of hydrogen-bond donors (Lipinski definition) is 1. The molecule has 1 fully saturated rings. The second-order valence-corrected chi connectivity index (χ2v) is 6.85. The van der Waals surface area contributed by atoms with Gasteiger partial charge in [-0.3, -0.25) is 0 Å². The maximum atomic E-state index is 11.2. The molecular formula is C14H21NO3S. The fraction of sp³-hybridized carbons (Fsp3) is 0.571. The zero-order valence-corrected chi connectivity index (χ0v) is 12.1. The molecule has 0 unspecified atom stereocenters. The number of nitrogens with two attached hydrogens (primary N) is 1. The average molecular weight is 283 g/mol.